The molecule has 2 aliphatic carbocycles. The van der Waals surface area contributed by atoms with Gasteiger partial charge in [-0.25, -0.2) is 4.79 Å². The van der Waals surface area contributed by atoms with Crippen LogP contribution in [0.1, 0.15) is 60.7 Å². The number of ether oxygens (including phenoxy) is 1. The summed E-state index contributed by atoms with van der Waals surface area (Å²) in [4.78, 5) is 12.5. The predicted octanol–water partition coefficient (Wildman–Crippen LogP) is 3.60. The number of anilines is 2. The summed E-state index contributed by atoms with van der Waals surface area (Å²) in [5, 5.41) is 4.61. The van der Waals surface area contributed by atoms with Gasteiger partial charge in [0.05, 0.1) is 17.3 Å². The summed E-state index contributed by atoms with van der Waals surface area (Å²) in [6.45, 7) is 5.46. The van der Waals surface area contributed by atoms with E-state index in [1.807, 2.05) is 6.92 Å². The third kappa shape index (κ3) is 2.64. The molecule has 110 valence electrons. The Bertz CT molecular complexity index is 530. The molecule has 0 saturated heterocycles. The fraction of sp³-hybridized carbons (Fsp3) is 0.667. The lowest BCUT2D eigenvalue weighted by atomic mass is 10.1. The maximum absolute atomic E-state index is 12.0. The van der Waals surface area contributed by atoms with Crippen molar-refractivity contribution < 1.29 is 9.53 Å². The number of carbonyl (C=O) groups is 1. The normalized spacial score (nSPS) is 19.7. The molecular weight excluding hydrogens is 272 g/mol. The first-order valence-electron chi connectivity index (χ1n) is 7.37. The number of hydrogen-bond donors (Lipinski definition) is 2. The first-order chi connectivity index (χ1) is 9.54. The van der Waals surface area contributed by atoms with Crippen LogP contribution in [0.25, 0.3) is 0 Å². The number of thiophene rings is 1. The van der Waals surface area contributed by atoms with Gasteiger partial charge in [0.1, 0.15) is 4.88 Å². The summed E-state index contributed by atoms with van der Waals surface area (Å²) in [6.07, 6.45) is 4.92. The molecule has 0 bridgehead atoms. The molecule has 3 N–H and O–H groups in total. The second kappa shape index (κ2) is 4.95. The van der Waals surface area contributed by atoms with Crippen LogP contribution in [0.2, 0.25) is 0 Å². The Kier molecular flexibility index (Phi) is 3.40. The standard InChI is InChI=1S/C15H22N2O2S/c1-3-19-14(18)12-11(16)10(9-4-5-9)13(20-12)17-8-15(2)6-7-15/h9,17H,3-8,16H2,1-2H3. The molecule has 1 aromatic heterocycles. The molecule has 0 radical (unpaired) electrons. The summed E-state index contributed by atoms with van der Waals surface area (Å²) in [7, 11) is 0. The molecule has 0 amide bonds. The van der Waals surface area contributed by atoms with Crippen molar-refractivity contribution in [2.75, 3.05) is 24.2 Å². The van der Waals surface area contributed by atoms with E-state index in [0.29, 0.717) is 28.5 Å². The summed E-state index contributed by atoms with van der Waals surface area (Å²) >= 11 is 1.46. The highest BCUT2D eigenvalue weighted by atomic mass is 32.1. The molecule has 0 aliphatic heterocycles. The van der Waals surface area contributed by atoms with Gasteiger partial charge in [-0.3, -0.25) is 0 Å². The fourth-order valence-corrected chi connectivity index (χ4v) is 3.49. The molecule has 1 heterocycles. The van der Waals surface area contributed by atoms with Gasteiger partial charge in [0.25, 0.3) is 0 Å². The van der Waals surface area contributed by atoms with E-state index in [1.165, 1.54) is 37.0 Å². The highest BCUT2D eigenvalue weighted by molar-refractivity contribution is 7.18. The van der Waals surface area contributed by atoms with Crippen molar-refractivity contribution in [3.05, 3.63) is 10.4 Å². The average molecular weight is 294 g/mol. The zero-order valence-corrected chi connectivity index (χ0v) is 12.9. The van der Waals surface area contributed by atoms with Crippen LogP contribution in [-0.4, -0.2) is 19.1 Å². The van der Waals surface area contributed by atoms with Crippen molar-refractivity contribution >= 4 is 28.0 Å². The molecule has 20 heavy (non-hydrogen) atoms. The molecule has 2 fully saturated rings. The van der Waals surface area contributed by atoms with E-state index in [-0.39, 0.29) is 5.97 Å². The van der Waals surface area contributed by atoms with E-state index in [0.717, 1.165) is 17.1 Å². The van der Waals surface area contributed by atoms with E-state index in [1.54, 1.807) is 0 Å². The molecule has 0 unspecified atom stereocenters. The maximum Gasteiger partial charge on any atom is 0.350 e. The SMILES string of the molecule is CCOC(=O)c1sc(NCC2(C)CC2)c(C2CC2)c1N. The zero-order chi connectivity index (χ0) is 14.3. The van der Waals surface area contributed by atoms with E-state index in [4.69, 9.17) is 10.5 Å². The molecule has 0 atom stereocenters. The van der Waals surface area contributed by atoms with Gasteiger partial charge >= 0.3 is 5.97 Å². The van der Waals surface area contributed by atoms with E-state index in [9.17, 15) is 4.79 Å². The lowest BCUT2D eigenvalue weighted by Gasteiger charge is -2.11. The van der Waals surface area contributed by atoms with Gasteiger partial charge < -0.3 is 15.8 Å². The Morgan fingerprint density at radius 3 is 2.75 bits per heavy atom. The van der Waals surface area contributed by atoms with Crippen molar-refractivity contribution in [2.45, 2.75) is 45.4 Å². The van der Waals surface area contributed by atoms with Crippen LogP contribution in [0.3, 0.4) is 0 Å². The summed E-state index contributed by atoms with van der Waals surface area (Å²) in [6, 6.07) is 0. The van der Waals surface area contributed by atoms with E-state index >= 15 is 0 Å². The number of nitrogens with two attached hydrogens (primary N) is 1. The number of carbonyl (C=O) groups excluding carboxylic acids is 1. The second-order valence-corrected chi connectivity index (χ2v) is 7.27. The van der Waals surface area contributed by atoms with Crippen LogP contribution in [0.5, 0.6) is 0 Å². The molecule has 2 saturated carbocycles. The minimum Gasteiger partial charge on any atom is -0.462 e. The van der Waals surface area contributed by atoms with Crippen molar-refractivity contribution in [1.82, 2.24) is 0 Å². The van der Waals surface area contributed by atoms with Crippen molar-refractivity contribution in [2.24, 2.45) is 5.41 Å². The Hall–Kier alpha value is -1.23. The van der Waals surface area contributed by atoms with Gasteiger partial charge in [0.15, 0.2) is 0 Å². The topological polar surface area (TPSA) is 64.3 Å². The van der Waals surface area contributed by atoms with Crippen LogP contribution in [0.4, 0.5) is 10.7 Å². The molecule has 0 spiro atoms. The first kappa shape index (κ1) is 13.7. The van der Waals surface area contributed by atoms with Gasteiger partial charge in [-0.1, -0.05) is 6.92 Å². The van der Waals surface area contributed by atoms with E-state index in [2.05, 4.69) is 12.2 Å². The number of nitrogen functional groups attached to an aromatic ring is 1. The van der Waals surface area contributed by atoms with Crippen LogP contribution >= 0.6 is 11.3 Å². The Labute approximate surface area is 123 Å². The fourth-order valence-electron chi connectivity index (χ4n) is 2.40. The minimum atomic E-state index is -0.289. The Morgan fingerprint density at radius 2 is 2.20 bits per heavy atom. The molecular formula is C15H22N2O2S. The third-order valence-corrected chi connectivity index (χ3v) is 5.37. The average Bonchev–Trinajstić information content (AvgIpc) is 3.32. The maximum atomic E-state index is 12.0. The van der Waals surface area contributed by atoms with Gasteiger partial charge in [-0.05, 0) is 43.9 Å². The van der Waals surface area contributed by atoms with Gasteiger partial charge in [-0.15, -0.1) is 11.3 Å². The highest BCUT2D eigenvalue weighted by Gasteiger charge is 2.38. The van der Waals surface area contributed by atoms with E-state index < -0.39 is 0 Å². The van der Waals surface area contributed by atoms with Crippen molar-refractivity contribution in [3.8, 4) is 0 Å². The lowest BCUT2D eigenvalue weighted by molar-refractivity contribution is 0.0533. The van der Waals surface area contributed by atoms with Crippen LogP contribution in [0, 0.1) is 5.41 Å². The predicted molar refractivity (Wildman–Crippen MR) is 82.5 cm³/mol. The molecule has 1 aromatic rings. The quantitative estimate of drug-likeness (QED) is 0.787. The summed E-state index contributed by atoms with van der Waals surface area (Å²) < 4.78 is 5.10. The molecule has 2 aliphatic rings. The highest BCUT2D eigenvalue weighted by Crippen LogP contribution is 2.52. The second-order valence-electron chi connectivity index (χ2n) is 6.25. The van der Waals surface area contributed by atoms with Crippen LogP contribution in [-0.2, 0) is 4.74 Å². The van der Waals surface area contributed by atoms with Crippen LogP contribution < -0.4 is 11.1 Å². The number of esters is 1. The monoisotopic (exact) mass is 294 g/mol. The number of rotatable bonds is 6. The number of nitrogens with one attached hydrogen (secondary N) is 1. The smallest absolute Gasteiger partial charge is 0.350 e. The Morgan fingerprint density at radius 1 is 1.50 bits per heavy atom. The van der Waals surface area contributed by atoms with Crippen molar-refractivity contribution in [3.63, 3.8) is 0 Å². The molecule has 0 aromatic carbocycles. The van der Waals surface area contributed by atoms with Crippen LogP contribution in [0.15, 0.2) is 0 Å². The van der Waals surface area contributed by atoms with Gasteiger partial charge in [0.2, 0.25) is 0 Å². The molecule has 5 heteroatoms. The molecule has 4 nitrogen and oxygen atoms in total. The lowest BCUT2D eigenvalue weighted by Crippen LogP contribution is -2.11. The largest absolute Gasteiger partial charge is 0.462 e. The minimum absolute atomic E-state index is 0.289. The van der Waals surface area contributed by atoms with Gasteiger partial charge in [0, 0.05) is 12.1 Å². The molecule has 3 rings (SSSR count). The first-order valence-corrected chi connectivity index (χ1v) is 8.19. The third-order valence-electron chi connectivity index (χ3n) is 4.21. The van der Waals surface area contributed by atoms with Crippen molar-refractivity contribution in [1.29, 1.82) is 0 Å². The Balaban J connectivity index is 1.83. The zero-order valence-electron chi connectivity index (χ0n) is 12.1. The summed E-state index contributed by atoms with van der Waals surface area (Å²) in [5.41, 5.74) is 8.43. The summed E-state index contributed by atoms with van der Waals surface area (Å²) in [5.74, 6) is 0.242. The number of hydrogen-bond acceptors (Lipinski definition) is 5. The van der Waals surface area contributed by atoms with Gasteiger partial charge in [-0.2, -0.15) is 0 Å².